The number of hydrogen-bond acceptors (Lipinski definition) is 3. The van der Waals surface area contributed by atoms with Gasteiger partial charge in [-0.25, -0.2) is 4.98 Å². The van der Waals surface area contributed by atoms with E-state index in [0.717, 1.165) is 16.8 Å². The van der Waals surface area contributed by atoms with Crippen molar-refractivity contribution in [2.45, 2.75) is 12.1 Å². The van der Waals surface area contributed by atoms with Crippen LogP contribution >= 0.6 is 46.4 Å². The van der Waals surface area contributed by atoms with Crippen LogP contribution in [-0.4, -0.2) is 15.3 Å². The van der Waals surface area contributed by atoms with Crippen molar-refractivity contribution in [1.82, 2.24) is 15.0 Å². The second-order valence-corrected chi connectivity index (χ2v) is 7.54. The lowest BCUT2D eigenvalue weighted by Gasteiger charge is -2.23. The van der Waals surface area contributed by atoms with Gasteiger partial charge in [-0.2, -0.15) is 5.10 Å². The molecular weight excluding hydrogens is 414 g/mol. The van der Waals surface area contributed by atoms with Crippen molar-refractivity contribution in [2.75, 3.05) is 0 Å². The lowest BCUT2D eigenvalue weighted by atomic mass is 9.93. The molecule has 0 saturated carbocycles. The maximum absolute atomic E-state index is 6.44. The molecule has 2 heterocycles. The summed E-state index contributed by atoms with van der Waals surface area (Å²) in [6.07, 6.45) is 5.35. The van der Waals surface area contributed by atoms with Gasteiger partial charge in [0.15, 0.2) is 0 Å². The van der Waals surface area contributed by atoms with Gasteiger partial charge in [0, 0.05) is 33.0 Å². The molecule has 8 heteroatoms. The van der Waals surface area contributed by atoms with Gasteiger partial charge >= 0.3 is 0 Å². The molecule has 1 aliphatic heterocycles. The zero-order chi connectivity index (χ0) is 18.3. The quantitative estimate of drug-likeness (QED) is 0.577. The number of rotatable bonds is 3. The molecule has 0 radical (unpaired) electrons. The van der Waals surface area contributed by atoms with Crippen LogP contribution in [0.5, 0.6) is 0 Å². The monoisotopic (exact) mass is 424 g/mol. The zero-order valence-electron chi connectivity index (χ0n) is 13.2. The number of benzene rings is 2. The molecule has 0 unspecified atom stereocenters. The van der Waals surface area contributed by atoms with Crippen LogP contribution in [0.4, 0.5) is 0 Å². The Morgan fingerprint density at radius 2 is 1.65 bits per heavy atom. The molecule has 0 aliphatic carbocycles. The predicted octanol–water partition coefficient (Wildman–Crippen LogP) is 5.79. The highest BCUT2D eigenvalue weighted by Gasteiger charge is 2.36. The first-order valence-electron chi connectivity index (χ1n) is 7.75. The summed E-state index contributed by atoms with van der Waals surface area (Å²) >= 11 is 24.9. The molecule has 1 aliphatic rings. The summed E-state index contributed by atoms with van der Waals surface area (Å²) in [5.74, 6) is 0. The Hall–Kier alpha value is -1.72. The molecule has 0 amide bonds. The number of aromatic nitrogens is 2. The smallest absolute Gasteiger partial charge is 0.105 e. The molecule has 1 N–H and O–H groups in total. The molecule has 0 spiro atoms. The summed E-state index contributed by atoms with van der Waals surface area (Å²) in [5.41, 5.74) is 5.65. The van der Waals surface area contributed by atoms with E-state index in [4.69, 9.17) is 46.4 Å². The molecule has 0 bridgehead atoms. The van der Waals surface area contributed by atoms with Gasteiger partial charge in [-0.1, -0.05) is 58.5 Å². The highest BCUT2D eigenvalue weighted by atomic mass is 35.5. The topological polar surface area (TPSA) is 42.2 Å². The lowest BCUT2D eigenvalue weighted by molar-refractivity contribution is 0.481. The zero-order valence-corrected chi connectivity index (χ0v) is 16.2. The molecule has 4 rings (SSSR count). The van der Waals surface area contributed by atoms with Crippen LogP contribution in [-0.2, 0) is 0 Å². The number of halogens is 4. The third-order valence-corrected chi connectivity index (χ3v) is 5.38. The predicted molar refractivity (Wildman–Crippen MR) is 107 cm³/mol. The first-order chi connectivity index (χ1) is 12.5. The minimum absolute atomic E-state index is 0.185. The van der Waals surface area contributed by atoms with Crippen molar-refractivity contribution in [1.29, 1.82) is 0 Å². The van der Waals surface area contributed by atoms with Gasteiger partial charge < -0.3 is 4.57 Å². The second-order valence-electron chi connectivity index (χ2n) is 5.85. The Morgan fingerprint density at radius 1 is 0.923 bits per heavy atom. The van der Waals surface area contributed by atoms with Crippen molar-refractivity contribution in [2.24, 2.45) is 5.10 Å². The van der Waals surface area contributed by atoms with Crippen LogP contribution in [0.2, 0.25) is 20.1 Å². The lowest BCUT2D eigenvalue weighted by Crippen LogP contribution is -2.25. The van der Waals surface area contributed by atoms with Crippen molar-refractivity contribution < 1.29 is 0 Å². The molecule has 1 aromatic heterocycles. The van der Waals surface area contributed by atoms with E-state index >= 15 is 0 Å². The minimum Gasteiger partial charge on any atom is -0.326 e. The van der Waals surface area contributed by atoms with Gasteiger partial charge in [0.1, 0.15) is 6.04 Å². The van der Waals surface area contributed by atoms with Gasteiger partial charge in [-0.15, -0.1) is 0 Å². The number of imidazole rings is 1. The molecule has 2 aromatic carbocycles. The summed E-state index contributed by atoms with van der Waals surface area (Å²) in [6, 6.07) is 10.4. The largest absolute Gasteiger partial charge is 0.326 e. The summed E-state index contributed by atoms with van der Waals surface area (Å²) < 4.78 is 1.97. The molecular formula is C18H12Cl4N4. The fourth-order valence-electron chi connectivity index (χ4n) is 3.09. The average molecular weight is 426 g/mol. The number of nitrogens with one attached hydrogen (secondary N) is 1. The van der Waals surface area contributed by atoms with Crippen LogP contribution in [0.25, 0.3) is 0 Å². The molecule has 4 nitrogen and oxygen atoms in total. The van der Waals surface area contributed by atoms with Crippen LogP contribution in [0, 0.1) is 0 Å². The first kappa shape index (κ1) is 17.7. The van der Waals surface area contributed by atoms with Crippen LogP contribution in [0.1, 0.15) is 23.2 Å². The van der Waals surface area contributed by atoms with E-state index in [1.807, 2.05) is 29.0 Å². The Labute approximate surface area is 170 Å². The molecule has 26 heavy (non-hydrogen) atoms. The fraction of sp³-hybridized carbons (Fsp3) is 0.111. The molecule has 3 aromatic rings. The van der Waals surface area contributed by atoms with E-state index in [2.05, 4.69) is 15.5 Å². The van der Waals surface area contributed by atoms with E-state index in [-0.39, 0.29) is 12.1 Å². The second kappa shape index (κ2) is 7.12. The van der Waals surface area contributed by atoms with Gasteiger partial charge in [-0.3, -0.25) is 5.43 Å². The number of hydrogen-bond donors (Lipinski definition) is 1. The molecule has 132 valence electrons. The van der Waals surface area contributed by atoms with Gasteiger partial charge in [0.25, 0.3) is 0 Å². The van der Waals surface area contributed by atoms with E-state index in [0.29, 0.717) is 20.1 Å². The third kappa shape index (κ3) is 3.19. The van der Waals surface area contributed by atoms with E-state index in [9.17, 15) is 0 Å². The van der Waals surface area contributed by atoms with Gasteiger partial charge in [0.2, 0.25) is 0 Å². The SMILES string of the molecule is Clc1ccc(C2=NN[C@H](c3ccc(Cl)cc3Cl)[C@H]2n2ccnc2)c(Cl)c1. The average Bonchev–Trinajstić information content (AvgIpc) is 3.24. The van der Waals surface area contributed by atoms with Gasteiger partial charge in [-0.05, 0) is 29.8 Å². The normalized spacial score (nSPS) is 19.3. The highest BCUT2D eigenvalue weighted by Crippen LogP contribution is 2.39. The van der Waals surface area contributed by atoms with E-state index in [1.54, 1.807) is 30.7 Å². The molecule has 2 atom stereocenters. The number of nitrogens with zero attached hydrogens (tertiary/aromatic N) is 3. The van der Waals surface area contributed by atoms with Gasteiger partial charge in [0.05, 0.1) is 23.1 Å². The minimum atomic E-state index is -0.198. The van der Waals surface area contributed by atoms with Crippen molar-refractivity contribution in [3.8, 4) is 0 Å². The Bertz CT molecular complexity index is 985. The summed E-state index contributed by atoms with van der Waals surface area (Å²) in [6.45, 7) is 0. The Kier molecular flexibility index (Phi) is 4.84. The Morgan fingerprint density at radius 3 is 2.31 bits per heavy atom. The fourth-order valence-corrected chi connectivity index (χ4v) is 4.12. The van der Waals surface area contributed by atoms with E-state index in [1.165, 1.54) is 0 Å². The van der Waals surface area contributed by atoms with Crippen molar-refractivity contribution >= 4 is 52.1 Å². The van der Waals surface area contributed by atoms with Crippen LogP contribution < -0.4 is 5.43 Å². The summed E-state index contributed by atoms with van der Waals surface area (Å²) in [7, 11) is 0. The summed E-state index contributed by atoms with van der Waals surface area (Å²) in [4.78, 5) is 4.17. The maximum Gasteiger partial charge on any atom is 0.105 e. The highest BCUT2D eigenvalue weighted by molar-refractivity contribution is 6.37. The summed E-state index contributed by atoms with van der Waals surface area (Å²) in [5, 5.41) is 6.81. The standard InChI is InChI=1S/C18H12Cl4N4/c19-10-1-3-12(14(21)7-10)16-18(26-6-5-23-9-26)17(25-24-16)13-4-2-11(20)8-15(13)22/h1-9,16,18,24H/t16-,18-/m1/s1. The number of hydrazone groups is 1. The third-order valence-electron chi connectivity index (χ3n) is 4.27. The van der Waals surface area contributed by atoms with Crippen LogP contribution in [0.15, 0.2) is 60.2 Å². The van der Waals surface area contributed by atoms with Crippen molar-refractivity contribution in [3.05, 3.63) is 86.3 Å². The molecule has 0 fully saturated rings. The first-order valence-corrected chi connectivity index (χ1v) is 9.26. The van der Waals surface area contributed by atoms with Crippen LogP contribution in [0.3, 0.4) is 0 Å². The van der Waals surface area contributed by atoms with E-state index < -0.39 is 0 Å². The van der Waals surface area contributed by atoms with Crippen molar-refractivity contribution in [3.63, 3.8) is 0 Å². The molecule has 0 saturated heterocycles. The Balaban J connectivity index is 1.81. The maximum atomic E-state index is 6.44.